The zero-order valence-electron chi connectivity index (χ0n) is 13.6. The Labute approximate surface area is 143 Å². The monoisotopic (exact) mass is 341 g/mol. The molecule has 0 radical (unpaired) electrons. The van der Waals surface area contributed by atoms with Crippen molar-refractivity contribution in [1.29, 1.82) is 0 Å². The lowest BCUT2D eigenvalue weighted by atomic mass is 10.0. The minimum Gasteiger partial charge on any atom is -0.415 e. The molecule has 0 bridgehead atoms. The highest BCUT2D eigenvalue weighted by molar-refractivity contribution is 5.91. The molecule has 126 valence electrons. The molecule has 1 heterocycles. The predicted molar refractivity (Wildman–Crippen MR) is 87.0 cm³/mol. The predicted octanol–water partition coefficient (Wildman–Crippen LogP) is 3.68. The molecule has 0 unspecified atom stereocenters. The molecule has 0 saturated heterocycles. The molecule has 2 aromatic carbocycles. The van der Waals surface area contributed by atoms with Crippen LogP contribution in [-0.2, 0) is 0 Å². The number of esters is 1. The Hall–Kier alpha value is -3.15. The lowest BCUT2D eigenvalue weighted by Gasteiger charge is -2.07. The van der Waals surface area contributed by atoms with Crippen molar-refractivity contribution in [3.63, 3.8) is 0 Å². The molecule has 6 heteroatoms. The van der Waals surface area contributed by atoms with Gasteiger partial charge in [0.05, 0.1) is 5.56 Å². The fourth-order valence-corrected chi connectivity index (χ4v) is 2.29. The van der Waals surface area contributed by atoms with E-state index in [1.165, 1.54) is 43.6 Å². The number of benzene rings is 2. The summed E-state index contributed by atoms with van der Waals surface area (Å²) >= 11 is 0. The Morgan fingerprint density at radius 2 is 1.76 bits per heavy atom. The number of carbonyl (C=O) groups excluding carboxylic acids is 1. The highest BCUT2D eigenvalue weighted by atomic mass is 19.2. The van der Waals surface area contributed by atoms with Crippen LogP contribution >= 0.6 is 0 Å². The van der Waals surface area contributed by atoms with Crippen LogP contribution in [0, 0.1) is 25.5 Å². The summed E-state index contributed by atoms with van der Waals surface area (Å²) < 4.78 is 32.9. The topological polar surface area (TPSA) is 53.3 Å². The number of carbonyl (C=O) groups is 1. The third-order valence-corrected chi connectivity index (χ3v) is 3.73. The molecule has 1 aromatic heterocycles. The normalized spacial score (nSPS) is 10.6. The second kappa shape index (κ2) is 6.76. The van der Waals surface area contributed by atoms with Crippen molar-refractivity contribution in [3.8, 4) is 16.9 Å². The molecule has 4 nitrogen and oxygen atoms in total. The van der Waals surface area contributed by atoms with Crippen molar-refractivity contribution in [2.24, 2.45) is 0 Å². The summed E-state index contributed by atoms with van der Waals surface area (Å²) in [4.78, 5) is 18.9. The van der Waals surface area contributed by atoms with Crippen molar-refractivity contribution >= 4 is 5.97 Å². The minimum absolute atomic E-state index is 0.139. The van der Waals surface area contributed by atoms with E-state index in [1.54, 1.807) is 19.1 Å². The van der Waals surface area contributed by atoms with Crippen LogP contribution < -0.4 is 9.72 Å². The van der Waals surface area contributed by atoms with E-state index >= 15 is 0 Å². The lowest BCUT2D eigenvalue weighted by Crippen LogP contribution is -2.13. The molecule has 0 aliphatic carbocycles. The average molecular weight is 341 g/mol. The fourth-order valence-electron chi connectivity index (χ4n) is 2.29. The first-order chi connectivity index (χ1) is 12.0. The number of H-pyrrole nitrogens is 1. The summed E-state index contributed by atoms with van der Waals surface area (Å²) in [5.74, 6) is -1.37. The highest BCUT2D eigenvalue weighted by Crippen LogP contribution is 2.26. The van der Waals surface area contributed by atoms with Crippen molar-refractivity contribution < 1.29 is 23.3 Å². The molecule has 0 atom stereocenters. The van der Waals surface area contributed by atoms with Crippen LogP contribution in [0.4, 0.5) is 8.78 Å². The Morgan fingerprint density at radius 3 is 2.40 bits per heavy atom. The molecule has 0 spiro atoms. The third kappa shape index (κ3) is 3.52. The van der Waals surface area contributed by atoms with Gasteiger partial charge in [-0.15, -0.1) is 0 Å². The van der Waals surface area contributed by atoms with E-state index in [9.17, 15) is 13.6 Å². The number of aromatic amines is 1. The number of nitrogens with zero attached hydrogens (tertiary/aromatic N) is 1. The Kier molecular flexibility index (Phi) is 4.52. The molecule has 1 N–H and O–H groups in total. The summed E-state index contributed by atoms with van der Waals surface area (Å²) in [7, 11) is 0. The van der Waals surface area contributed by atoms with Crippen molar-refractivity contribution in [1.82, 2.24) is 4.98 Å². The van der Waals surface area contributed by atoms with Gasteiger partial charge in [-0.3, -0.25) is 0 Å². The van der Waals surface area contributed by atoms with Crippen molar-refractivity contribution in [2.75, 3.05) is 0 Å². The van der Waals surface area contributed by atoms with E-state index in [0.717, 1.165) is 0 Å². The fraction of sp³-hybridized carbons (Fsp3) is 0.105. The molecule has 0 aliphatic rings. The maximum atomic E-state index is 14.1. The van der Waals surface area contributed by atoms with E-state index in [4.69, 9.17) is 4.74 Å². The van der Waals surface area contributed by atoms with Gasteiger partial charge in [0.15, 0.2) is 17.8 Å². The number of hydrogen-bond donors (Lipinski definition) is 0. The number of hydrogen-bond acceptors (Lipinski definition) is 3. The van der Waals surface area contributed by atoms with Gasteiger partial charge in [-0.1, -0.05) is 29.2 Å². The zero-order valence-corrected chi connectivity index (χ0v) is 13.6. The quantitative estimate of drug-likeness (QED) is 0.683. The lowest BCUT2D eigenvalue weighted by molar-refractivity contribution is -0.393. The van der Waals surface area contributed by atoms with Crippen LogP contribution in [0.15, 0.2) is 48.8 Å². The molecule has 25 heavy (non-hydrogen) atoms. The van der Waals surface area contributed by atoms with Gasteiger partial charge in [-0.05, 0) is 30.2 Å². The van der Waals surface area contributed by atoms with Gasteiger partial charge in [0.1, 0.15) is 6.20 Å². The standard InChI is InChI=1S/C19H14F2N2O2/c1-11-3-8-16(18(21)17(11)20)13-4-6-14(7-5-13)19(24)25-15-9-22-12(2)23-10-15/h3-10H,1-2H3/p+1. The second-order valence-electron chi connectivity index (χ2n) is 5.56. The van der Waals surface area contributed by atoms with E-state index in [2.05, 4.69) is 9.97 Å². The van der Waals surface area contributed by atoms with Gasteiger partial charge >= 0.3 is 5.97 Å². The van der Waals surface area contributed by atoms with E-state index in [0.29, 0.717) is 11.4 Å². The molecular weight excluding hydrogens is 326 g/mol. The number of rotatable bonds is 3. The van der Waals surface area contributed by atoms with Crippen LogP contribution in [0.1, 0.15) is 21.7 Å². The number of ether oxygens (including phenoxy) is 1. The summed E-state index contributed by atoms with van der Waals surface area (Å²) in [6.07, 6.45) is 2.96. The van der Waals surface area contributed by atoms with Crippen LogP contribution in [0.5, 0.6) is 5.75 Å². The molecule has 0 fully saturated rings. The Morgan fingerprint density at radius 1 is 1.04 bits per heavy atom. The van der Waals surface area contributed by atoms with Gasteiger partial charge in [-0.25, -0.2) is 18.6 Å². The number of nitrogens with one attached hydrogen (secondary N) is 1. The summed E-state index contributed by atoms with van der Waals surface area (Å²) in [5.41, 5.74) is 1.14. The zero-order chi connectivity index (χ0) is 18.0. The molecule has 0 amide bonds. The number of halogens is 2. The van der Waals surface area contributed by atoms with Crippen molar-refractivity contribution in [2.45, 2.75) is 13.8 Å². The van der Waals surface area contributed by atoms with E-state index < -0.39 is 17.6 Å². The summed E-state index contributed by atoms with van der Waals surface area (Å²) in [5, 5.41) is 0. The SMILES string of the molecule is Cc1ncc(OC(=O)c2ccc(-c3ccc(C)c(F)c3F)cc2)c[nH+]1. The highest BCUT2D eigenvalue weighted by Gasteiger charge is 2.14. The van der Waals surface area contributed by atoms with Gasteiger partial charge in [0, 0.05) is 12.5 Å². The number of aromatic nitrogens is 2. The van der Waals surface area contributed by atoms with Crippen LogP contribution in [0.25, 0.3) is 11.1 Å². The number of aryl methyl sites for hydroxylation is 2. The first kappa shape index (κ1) is 16.7. The average Bonchev–Trinajstić information content (AvgIpc) is 2.62. The van der Waals surface area contributed by atoms with Gasteiger partial charge in [-0.2, -0.15) is 0 Å². The smallest absolute Gasteiger partial charge is 0.343 e. The Bertz CT molecular complexity index is 923. The maximum Gasteiger partial charge on any atom is 0.343 e. The third-order valence-electron chi connectivity index (χ3n) is 3.73. The van der Waals surface area contributed by atoms with Gasteiger partial charge in [0.25, 0.3) is 5.82 Å². The van der Waals surface area contributed by atoms with Gasteiger partial charge in [0.2, 0.25) is 5.75 Å². The molecule has 0 saturated carbocycles. The van der Waals surface area contributed by atoms with E-state index in [-0.39, 0.29) is 22.4 Å². The molecule has 0 aliphatic heterocycles. The van der Waals surface area contributed by atoms with Crippen molar-refractivity contribution in [3.05, 3.63) is 77.4 Å². The van der Waals surface area contributed by atoms with E-state index in [1.807, 2.05) is 0 Å². The first-order valence-corrected chi connectivity index (χ1v) is 7.57. The molecule has 3 aromatic rings. The van der Waals surface area contributed by atoms with Gasteiger partial charge < -0.3 is 4.74 Å². The minimum atomic E-state index is -0.906. The molecule has 3 rings (SSSR count). The Balaban J connectivity index is 1.81. The summed E-state index contributed by atoms with van der Waals surface area (Å²) in [6, 6.07) is 9.11. The second-order valence-corrected chi connectivity index (χ2v) is 5.56. The molecular formula is C19H15F2N2O2+. The van der Waals surface area contributed by atoms with Crippen LogP contribution in [0.2, 0.25) is 0 Å². The largest absolute Gasteiger partial charge is 0.415 e. The maximum absolute atomic E-state index is 14.1. The summed E-state index contributed by atoms with van der Waals surface area (Å²) in [6.45, 7) is 3.27. The van der Waals surface area contributed by atoms with Crippen LogP contribution in [-0.4, -0.2) is 11.0 Å². The van der Waals surface area contributed by atoms with Crippen LogP contribution in [0.3, 0.4) is 0 Å². The first-order valence-electron chi connectivity index (χ1n) is 7.57.